The molecule has 0 aliphatic heterocycles. The van der Waals surface area contributed by atoms with Crippen LogP contribution in [-0.2, 0) is 4.79 Å². The van der Waals surface area contributed by atoms with Crippen molar-refractivity contribution in [3.05, 3.63) is 88.4 Å². The molecule has 4 rings (SSSR count). The molecule has 1 atom stereocenters. The summed E-state index contributed by atoms with van der Waals surface area (Å²) in [7, 11) is 1.38. The molecule has 35 heavy (non-hydrogen) atoms. The number of halogens is 1. The third-order valence-corrected chi connectivity index (χ3v) is 5.99. The third-order valence-electron chi connectivity index (χ3n) is 5.99. The monoisotopic (exact) mass is 476 g/mol. The van der Waals surface area contributed by atoms with E-state index in [9.17, 15) is 14.7 Å². The number of nitrogens with two attached hydrogens (primary N) is 1. The van der Waals surface area contributed by atoms with E-state index < -0.39 is 34.7 Å². The number of hydrogen-bond donors (Lipinski definition) is 4. The molecule has 9 heteroatoms. The summed E-state index contributed by atoms with van der Waals surface area (Å²) in [5.41, 5.74) is 6.51. The van der Waals surface area contributed by atoms with E-state index in [4.69, 9.17) is 10.5 Å². The Kier molecular flexibility index (Phi) is 6.68. The number of methoxy groups -OCH3 is 1. The Morgan fingerprint density at radius 2 is 1.83 bits per heavy atom. The molecule has 1 aliphatic carbocycles. The number of ether oxygens (including phenoxy) is 1. The van der Waals surface area contributed by atoms with Gasteiger partial charge in [-0.2, -0.15) is 0 Å². The normalized spacial score (nSPS) is 14.9. The largest absolute Gasteiger partial charge is 0.494 e. The van der Waals surface area contributed by atoms with Gasteiger partial charge in [-0.15, -0.1) is 0 Å². The number of carboxylic acid groups (broad SMARTS) is 1. The summed E-state index contributed by atoms with van der Waals surface area (Å²) in [5, 5.41) is 15.9. The molecule has 0 amide bonds. The van der Waals surface area contributed by atoms with Gasteiger partial charge in [0.05, 0.1) is 18.4 Å². The van der Waals surface area contributed by atoms with Crippen LogP contribution in [-0.4, -0.2) is 42.0 Å². The lowest BCUT2D eigenvalue weighted by atomic mass is 9.73. The van der Waals surface area contributed by atoms with Crippen molar-refractivity contribution in [2.75, 3.05) is 36.6 Å². The number of aromatic nitrogens is 1. The molecular weight excluding hydrogens is 451 g/mol. The van der Waals surface area contributed by atoms with E-state index in [2.05, 4.69) is 15.6 Å². The number of benzene rings is 2. The molecule has 2 aromatic carbocycles. The summed E-state index contributed by atoms with van der Waals surface area (Å²) in [6.45, 7) is 2.30. The van der Waals surface area contributed by atoms with Gasteiger partial charge in [0.1, 0.15) is 22.8 Å². The van der Waals surface area contributed by atoms with Gasteiger partial charge in [-0.1, -0.05) is 36.4 Å². The highest BCUT2D eigenvalue weighted by Gasteiger charge is 2.41. The zero-order valence-corrected chi connectivity index (χ0v) is 19.3. The second kappa shape index (κ2) is 9.84. The first kappa shape index (κ1) is 23.7. The van der Waals surface area contributed by atoms with E-state index in [1.165, 1.54) is 7.11 Å². The maximum atomic E-state index is 15.5. The number of allylic oxidation sites excluding steroid dienone is 1. The van der Waals surface area contributed by atoms with Crippen molar-refractivity contribution >= 4 is 28.9 Å². The quantitative estimate of drug-likeness (QED) is 0.218. The number of anilines is 3. The molecule has 1 aliphatic rings. The van der Waals surface area contributed by atoms with Gasteiger partial charge in [0.25, 0.3) is 0 Å². The van der Waals surface area contributed by atoms with Gasteiger partial charge in [-0.3, -0.25) is 4.79 Å². The van der Waals surface area contributed by atoms with Crippen LogP contribution in [0.25, 0.3) is 0 Å². The van der Waals surface area contributed by atoms with Gasteiger partial charge in [0.15, 0.2) is 5.82 Å². The van der Waals surface area contributed by atoms with Crippen molar-refractivity contribution in [1.82, 2.24) is 4.98 Å². The highest BCUT2D eigenvalue weighted by Crippen LogP contribution is 2.50. The maximum absolute atomic E-state index is 15.5. The number of Topliss-reactive ketones (excluding diaryl/α,β-unsaturated/α-hetero) is 1. The summed E-state index contributed by atoms with van der Waals surface area (Å²) >= 11 is 0. The fourth-order valence-corrected chi connectivity index (χ4v) is 4.47. The predicted molar refractivity (Wildman–Crippen MR) is 132 cm³/mol. The smallest absolute Gasteiger partial charge is 0.339 e. The van der Waals surface area contributed by atoms with Crippen LogP contribution >= 0.6 is 0 Å². The summed E-state index contributed by atoms with van der Waals surface area (Å²) < 4.78 is 21.1. The molecular formula is C26H25FN4O4. The van der Waals surface area contributed by atoms with Gasteiger partial charge in [0, 0.05) is 30.8 Å². The van der Waals surface area contributed by atoms with Crippen molar-refractivity contribution in [2.24, 2.45) is 0 Å². The Balaban J connectivity index is 1.81. The minimum atomic E-state index is -1.39. The predicted octanol–water partition coefficient (Wildman–Crippen LogP) is 4.06. The Bertz CT molecular complexity index is 1310. The van der Waals surface area contributed by atoms with Crippen molar-refractivity contribution in [1.29, 1.82) is 0 Å². The number of nitrogens with one attached hydrogen (secondary N) is 2. The highest BCUT2D eigenvalue weighted by molar-refractivity contribution is 6.28. The average Bonchev–Trinajstić information content (AvgIpc) is 2.85. The lowest BCUT2D eigenvalue weighted by Crippen LogP contribution is -2.28. The minimum absolute atomic E-state index is 0.00637. The topological polar surface area (TPSA) is 127 Å². The fourth-order valence-electron chi connectivity index (χ4n) is 4.47. The zero-order chi connectivity index (χ0) is 25.1. The maximum Gasteiger partial charge on any atom is 0.339 e. The number of nitrogens with zero attached hydrogens (tertiary/aromatic N) is 1. The molecule has 0 saturated carbocycles. The first-order valence-corrected chi connectivity index (χ1v) is 11.0. The van der Waals surface area contributed by atoms with Gasteiger partial charge >= 0.3 is 5.97 Å². The van der Waals surface area contributed by atoms with Gasteiger partial charge < -0.3 is 26.2 Å². The summed E-state index contributed by atoms with van der Waals surface area (Å²) in [6, 6.07) is 14.5. The number of carboxylic acids is 1. The molecule has 1 heterocycles. The standard InChI is InChI=1S/C26H25FN4O4/c1-14-17(15-8-4-3-5-9-15)19-20(24(32)18(14)26(33)34)22(28)21(27)23(25(19)35-2)31-13-12-30-16-10-6-7-11-29-16/h3-11,17,31H,12-13,28H2,1-2H3,(H,29,30)(H,33,34). The lowest BCUT2D eigenvalue weighted by Gasteiger charge is -2.31. The summed E-state index contributed by atoms with van der Waals surface area (Å²) in [6.07, 6.45) is 1.66. The fraction of sp³-hybridized carbons (Fsp3) is 0.192. The highest BCUT2D eigenvalue weighted by atomic mass is 19.1. The third kappa shape index (κ3) is 4.28. The number of pyridine rings is 1. The Hall–Kier alpha value is -4.40. The number of carbonyl (C=O) groups excluding carboxylic acids is 1. The van der Waals surface area contributed by atoms with Crippen molar-refractivity contribution in [3.63, 3.8) is 0 Å². The Morgan fingerprint density at radius 3 is 2.46 bits per heavy atom. The summed E-state index contributed by atoms with van der Waals surface area (Å²) in [4.78, 5) is 29.4. The van der Waals surface area contributed by atoms with E-state index in [1.807, 2.05) is 30.3 Å². The summed E-state index contributed by atoms with van der Waals surface area (Å²) in [5.74, 6) is -2.99. The number of carbonyl (C=O) groups is 2. The van der Waals surface area contributed by atoms with E-state index in [1.54, 1.807) is 31.3 Å². The number of fused-ring (bicyclic) bond motifs is 1. The second-order valence-electron chi connectivity index (χ2n) is 8.03. The first-order valence-electron chi connectivity index (χ1n) is 11.0. The first-order chi connectivity index (χ1) is 16.9. The second-order valence-corrected chi connectivity index (χ2v) is 8.03. The van der Waals surface area contributed by atoms with Crippen LogP contribution < -0.4 is 21.1 Å². The Morgan fingerprint density at radius 1 is 1.14 bits per heavy atom. The average molecular weight is 477 g/mol. The zero-order valence-electron chi connectivity index (χ0n) is 19.3. The van der Waals surface area contributed by atoms with E-state index in [0.717, 1.165) is 5.56 Å². The number of rotatable bonds is 8. The van der Waals surface area contributed by atoms with Crippen LogP contribution in [0.4, 0.5) is 21.6 Å². The van der Waals surface area contributed by atoms with E-state index in [-0.39, 0.29) is 17.0 Å². The van der Waals surface area contributed by atoms with Crippen LogP contribution in [0.3, 0.4) is 0 Å². The van der Waals surface area contributed by atoms with Crippen molar-refractivity contribution < 1.29 is 23.8 Å². The van der Waals surface area contributed by atoms with Gasteiger partial charge in [-0.25, -0.2) is 14.2 Å². The molecule has 5 N–H and O–H groups in total. The van der Waals surface area contributed by atoms with Crippen LogP contribution in [0.2, 0.25) is 0 Å². The van der Waals surface area contributed by atoms with Gasteiger partial charge in [0.2, 0.25) is 5.78 Å². The SMILES string of the molecule is COc1c(NCCNc2ccccn2)c(F)c(N)c2c1C(c1ccccc1)C(C)=C(C(=O)O)C2=O. The lowest BCUT2D eigenvalue weighted by molar-refractivity contribution is -0.132. The van der Waals surface area contributed by atoms with Crippen molar-refractivity contribution in [3.8, 4) is 5.75 Å². The molecule has 1 aromatic heterocycles. The molecule has 8 nitrogen and oxygen atoms in total. The van der Waals surface area contributed by atoms with Crippen LogP contribution in [0.15, 0.2) is 65.9 Å². The number of ketones is 1. The molecule has 3 aromatic rings. The van der Waals surface area contributed by atoms with E-state index >= 15 is 4.39 Å². The minimum Gasteiger partial charge on any atom is -0.494 e. The Labute approximate surface area is 201 Å². The van der Waals surface area contributed by atoms with Crippen LogP contribution in [0.5, 0.6) is 5.75 Å². The molecule has 0 fully saturated rings. The van der Waals surface area contributed by atoms with Crippen LogP contribution in [0, 0.1) is 5.82 Å². The molecule has 0 spiro atoms. The molecule has 0 bridgehead atoms. The number of hydrogen-bond acceptors (Lipinski definition) is 7. The molecule has 180 valence electrons. The molecule has 1 unspecified atom stereocenters. The molecule has 0 radical (unpaired) electrons. The van der Waals surface area contributed by atoms with Crippen LogP contribution in [0.1, 0.15) is 34.3 Å². The number of nitrogen functional groups attached to an aromatic ring is 1. The van der Waals surface area contributed by atoms with E-state index in [0.29, 0.717) is 30.0 Å². The van der Waals surface area contributed by atoms with Crippen molar-refractivity contribution in [2.45, 2.75) is 12.8 Å². The van der Waals surface area contributed by atoms with Gasteiger partial charge in [-0.05, 0) is 30.2 Å². The molecule has 0 saturated heterocycles. The number of aliphatic carboxylic acids is 1.